The third-order valence-corrected chi connectivity index (χ3v) is 5.21. The van der Waals surface area contributed by atoms with E-state index in [1.165, 1.54) is 5.56 Å². The van der Waals surface area contributed by atoms with Crippen molar-refractivity contribution >= 4 is 17.9 Å². The van der Waals surface area contributed by atoms with Gasteiger partial charge in [0.2, 0.25) is 0 Å². The highest BCUT2D eigenvalue weighted by atomic mass is 16.5. The molecule has 25 heavy (non-hydrogen) atoms. The van der Waals surface area contributed by atoms with E-state index in [2.05, 4.69) is 40.4 Å². The van der Waals surface area contributed by atoms with E-state index >= 15 is 0 Å². The average molecular weight is 335 g/mol. The van der Waals surface area contributed by atoms with Crippen LogP contribution >= 0.6 is 0 Å². The minimum absolute atomic E-state index is 0.0104. The minimum Gasteiger partial charge on any atom is -0.466 e. The second-order valence-corrected chi connectivity index (χ2v) is 6.56. The van der Waals surface area contributed by atoms with Crippen molar-refractivity contribution in [2.75, 3.05) is 13.7 Å². The number of nitrogens with zero attached hydrogens (tertiary/aromatic N) is 3. The highest BCUT2D eigenvalue weighted by Gasteiger charge is 2.49. The van der Waals surface area contributed by atoms with E-state index in [0.717, 1.165) is 23.4 Å². The molecule has 3 aliphatic rings. The molecule has 4 rings (SSSR count). The van der Waals surface area contributed by atoms with Crippen molar-refractivity contribution in [3.05, 3.63) is 59.3 Å². The number of likely N-dealkylation sites (N-methyl/N-ethyl adjacent to an activating group) is 1. The number of hydrogen-bond donors (Lipinski definition) is 0. The summed E-state index contributed by atoms with van der Waals surface area (Å²) in [6.45, 7) is 2.25. The first-order valence-corrected chi connectivity index (χ1v) is 8.68. The van der Waals surface area contributed by atoms with Gasteiger partial charge in [-0.2, -0.15) is 10.2 Å². The van der Waals surface area contributed by atoms with Gasteiger partial charge in [-0.15, -0.1) is 0 Å². The zero-order valence-corrected chi connectivity index (χ0v) is 14.4. The first kappa shape index (κ1) is 15.8. The fourth-order valence-corrected chi connectivity index (χ4v) is 4.09. The Labute approximate surface area is 147 Å². The number of ether oxygens (including phenoxy) is 1. The van der Waals surface area contributed by atoms with Gasteiger partial charge >= 0.3 is 5.97 Å². The van der Waals surface area contributed by atoms with Gasteiger partial charge in [0.1, 0.15) is 0 Å². The minimum atomic E-state index is -0.223. The predicted molar refractivity (Wildman–Crippen MR) is 97.4 cm³/mol. The van der Waals surface area contributed by atoms with Gasteiger partial charge < -0.3 is 9.64 Å². The lowest BCUT2D eigenvalue weighted by atomic mass is 9.82. The summed E-state index contributed by atoms with van der Waals surface area (Å²) in [6, 6.07) is 10.3. The summed E-state index contributed by atoms with van der Waals surface area (Å²) in [5.74, 6) is -0.341. The molecule has 2 aliphatic heterocycles. The van der Waals surface area contributed by atoms with Crippen LogP contribution in [0.15, 0.2) is 64.0 Å². The lowest BCUT2D eigenvalue weighted by Gasteiger charge is -2.26. The van der Waals surface area contributed by atoms with E-state index < -0.39 is 0 Å². The van der Waals surface area contributed by atoms with Crippen molar-refractivity contribution in [1.29, 1.82) is 0 Å². The monoisotopic (exact) mass is 335 g/mol. The van der Waals surface area contributed by atoms with Crippen LogP contribution in [0.1, 0.15) is 12.5 Å². The summed E-state index contributed by atoms with van der Waals surface area (Å²) < 4.78 is 5.42. The number of hydrogen-bond acceptors (Lipinski definition) is 5. The Balaban J connectivity index is 1.74. The first-order valence-electron chi connectivity index (χ1n) is 8.68. The van der Waals surface area contributed by atoms with Gasteiger partial charge in [-0.1, -0.05) is 36.4 Å². The summed E-state index contributed by atoms with van der Waals surface area (Å²) in [7, 11) is 2.06. The molecule has 0 radical (unpaired) electrons. The summed E-state index contributed by atoms with van der Waals surface area (Å²) in [5.41, 5.74) is 4.25. The molecule has 3 atom stereocenters. The van der Waals surface area contributed by atoms with Crippen molar-refractivity contribution in [1.82, 2.24) is 4.90 Å². The number of carbonyl (C=O) groups excluding carboxylic acids is 1. The molecule has 0 amide bonds. The Hall–Kier alpha value is -2.69. The Morgan fingerprint density at radius 3 is 2.84 bits per heavy atom. The quantitative estimate of drug-likeness (QED) is 0.795. The molecule has 2 heterocycles. The van der Waals surface area contributed by atoms with E-state index in [0.29, 0.717) is 6.61 Å². The molecular weight excluding hydrogens is 314 g/mol. The number of likely N-dealkylation sites (tertiary alicyclic amines) is 1. The van der Waals surface area contributed by atoms with Gasteiger partial charge in [0, 0.05) is 30.3 Å². The van der Waals surface area contributed by atoms with Crippen molar-refractivity contribution in [3.8, 4) is 0 Å². The number of rotatable bonds is 4. The summed E-state index contributed by atoms with van der Waals surface area (Å²) in [5, 5.41) is 8.22. The molecule has 0 saturated carbocycles. The van der Waals surface area contributed by atoms with Crippen LogP contribution in [0.5, 0.6) is 0 Å². The Kier molecular flexibility index (Phi) is 3.99. The lowest BCUT2D eigenvalue weighted by Crippen LogP contribution is -2.36. The fourth-order valence-electron chi connectivity index (χ4n) is 4.09. The smallest absolute Gasteiger partial charge is 0.312 e. The first-order chi connectivity index (χ1) is 12.2. The Morgan fingerprint density at radius 2 is 2.08 bits per heavy atom. The summed E-state index contributed by atoms with van der Waals surface area (Å²) >= 11 is 0. The van der Waals surface area contributed by atoms with Gasteiger partial charge in [-0.25, -0.2) is 0 Å². The third-order valence-electron chi connectivity index (χ3n) is 5.21. The Morgan fingerprint density at radius 1 is 1.28 bits per heavy atom. The number of carbonyl (C=O) groups is 1. The van der Waals surface area contributed by atoms with Crippen LogP contribution in [0.3, 0.4) is 0 Å². The highest BCUT2D eigenvalue weighted by Crippen LogP contribution is 2.44. The summed E-state index contributed by atoms with van der Waals surface area (Å²) in [4.78, 5) is 15.0. The Bertz CT molecular complexity index is 807. The fraction of sp³-hybridized carbons (Fsp3) is 0.350. The van der Waals surface area contributed by atoms with Crippen LogP contribution in [0, 0.1) is 11.8 Å². The normalized spacial score (nSPS) is 26.6. The largest absolute Gasteiger partial charge is 0.466 e. The van der Waals surface area contributed by atoms with Crippen LogP contribution in [-0.4, -0.2) is 42.5 Å². The van der Waals surface area contributed by atoms with Gasteiger partial charge in [-0.05, 0) is 25.0 Å². The number of benzene rings is 1. The average Bonchev–Trinajstić information content (AvgIpc) is 3.19. The van der Waals surface area contributed by atoms with Crippen molar-refractivity contribution in [2.24, 2.45) is 22.0 Å². The number of fused-ring (bicyclic) bond motifs is 2. The second kappa shape index (κ2) is 6.31. The van der Waals surface area contributed by atoms with Crippen molar-refractivity contribution in [3.63, 3.8) is 0 Å². The molecule has 0 N–H and O–H groups in total. The van der Waals surface area contributed by atoms with Gasteiger partial charge in [0.05, 0.1) is 24.5 Å². The molecule has 1 aromatic carbocycles. The zero-order valence-electron chi connectivity index (χ0n) is 14.4. The molecular formula is C20H21N3O2. The van der Waals surface area contributed by atoms with Crippen molar-refractivity contribution < 1.29 is 9.53 Å². The lowest BCUT2D eigenvalue weighted by molar-refractivity contribution is -0.149. The van der Waals surface area contributed by atoms with E-state index in [1.54, 1.807) is 6.21 Å². The van der Waals surface area contributed by atoms with E-state index in [4.69, 9.17) is 4.74 Å². The SMILES string of the molecule is CCOC(=O)C1C2C=CC3=NN=CC3=C2N(C)C1Cc1ccccc1. The van der Waals surface area contributed by atoms with Gasteiger partial charge in [-0.3, -0.25) is 4.79 Å². The van der Waals surface area contributed by atoms with Crippen LogP contribution in [0.2, 0.25) is 0 Å². The van der Waals surface area contributed by atoms with Crippen LogP contribution in [-0.2, 0) is 16.0 Å². The maximum atomic E-state index is 12.8. The maximum absolute atomic E-state index is 12.8. The number of esters is 1. The molecule has 128 valence electrons. The molecule has 1 saturated heterocycles. The predicted octanol–water partition coefficient (Wildman–Crippen LogP) is 2.60. The molecule has 0 aromatic heterocycles. The topological polar surface area (TPSA) is 54.3 Å². The maximum Gasteiger partial charge on any atom is 0.312 e. The van der Waals surface area contributed by atoms with E-state index in [-0.39, 0.29) is 23.8 Å². The third kappa shape index (κ3) is 2.60. The summed E-state index contributed by atoms with van der Waals surface area (Å²) in [6.07, 6.45) is 6.65. The van der Waals surface area contributed by atoms with Crippen LogP contribution in [0.25, 0.3) is 0 Å². The van der Waals surface area contributed by atoms with Crippen LogP contribution in [0.4, 0.5) is 0 Å². The molecule has 3 unspecified atom stereocenters. The number of allylic oxidation sites excluding steroid dienone is 3. The van der Waals surface area contributed by atoms with E-state index in [1.807, 2.05) is 31.2 Å². The molecule has 1 aliphatic carbocycles. The molecule has 1 aromatic rings. The van der Waals surface area contributed by atoms with Crippen LogP contribution < -0.4 is 0 Å². The highest BCUT2D eigenvalue weighted by molar-refractivity contribution is 6.24. The molecule has 5 heteroatoms. The van der Waals surface area contributed by atoms with E-state index in [9.17, 15) is 4.79 Å². The molecule has 0 bridgehead atoms. The second-order valence-electron chi connectivity index (χ2n) is 6.56. The van der Waals surface area contributed by atoms with Gasteiger partial charge in [0.15, 0.2) is 0 Å². The molecule has 0 spiro atoms. The zero-order chi connectivity index (χ0) is 17.4. The van der Waals surface area contributed by atoms with Crippen molar-refractivity contribution in [2.45, 2.75) is 19.4 Å². The standard InChI is InChI=1S/C20H21N3O2/c1-3-25-20(24)18-14-9-10-16-15(12-21-22-16)19(14)23(2)17(18)11-13-7-5-4-6-8-13/h4-10,12,14,17-18H,3,11H2,1-2H3. The van der Waals surface area contributed by atoms with Gasteiger partial charge in [0.25, 0.3) is 0 Å². The molecule has 5 nitrogen and oxygen atoms in total. The molecule has 1 fully saturated rings.